The quantitative estimate of drug-likeness (QED) is 0.800. The summed E-state index contributed by atoms with van der Waals surface area (Å²) in [5.41, 5.74) is 8.39. The van der Waals surface area contributed by atoms with Crippen molar-refractivity contribution in [3.05, 3.63) is 59.0 Å². The topological polar surface area (TPSA) is 71.5 Å². The van der Waals surface area contributed by atoms with E-state index in [2.05, 4.69) is 34.5 Å². The molecule has 0 radical (unpaired) electrons. The molecule has 5 nitrogen and oxygen atoms in total. The van der Waals surface area contributed by atoms with Crippen LogP contribution in [0.15, 0.2) is 41.0 Å². The van der Waals surface area contributed by atoms with E-state index >= 15 is 0 Å². The summed E-state index contributed by atoms with van der Waals surface area (Å²) in [6.07, 6.45) is 4.06. The number of halogens is 2. The monoisotopic (exact) mass is 385 g/mol. The molecular formula is C18H25Cl2N3O2. The minimum atomic E-state index is -0.144. The van der Waals surface area contributed by atoms with Gasteiger partial charge in [-0.25, -0.2) is 0 Å². The lowest BCUT2D eigenvalue weighted by Gasteiger charge is -2.14. The first-order valence-corrected chi connectivity index (χ1v) is 8.10. The van der Waals surface area contributed by atoms with Gasteiger partial charge in [-0.3, -0.25) is 9.69 Å². The number of furan rings is 1. The molecule has 0 saturated carbocycles. The van der Waals surface area contributed by atoms with Crippen molar-refractivity contribution in [2.45, 2.75) is 32.5 Å². The molecule has 3 rings (SSSR count). The van der Waals surface area contributed by atoms with E-state index in [1.54, 1.807) is 6.07 Å². The highest BCUT2D eigenvalue weighted by Crippen LogP contribution is 2.13. The van der Waals surface area contributed by atoms with Crippen LogP contribution >= 0.6 is 24.8 Å². The van der Waals surface area contributed by atoms with Crippen molar-refractivity contribution in [3.8, 4) is 0 Å². The lowest BCUT2D eigenvalue weighted by Crippen LogP contribution is -2.22. The molecule has 1 aromatic carbocycles. The smallest absolute Gasteiger partial charge is 0.254 e. The predicted molar refractivity (Wildman–Crippen MR) is 103 cm³/mol. The van der Waals surface area contributed by atoms with Gasteiger partial charge in [0.1, 0.15) is 12.0 Å². The van der Waals surface area contributed by atoms with Crippen LogP contribution in [0.3, 0.4) is 0 Å². The van der Waals surface area contributed by atoms with E-state index in [4.69, 9.17) is 10.2 Å². The Morgan fingerprint density at radius 2 is 1.76 bits per heavy atom. The van der Waals surface area contributed by atoms with Gasteiger partial charge in [0.25, 0.3) is 5.91 Å². The summed E-state index contributed by atoms with van der Waals surface area (Å²) in [6, 6.07) is 10.1. The van der Waals surface area contributed by atoms with Crippen LogP contribution in [0.1, 0.15) is 40.1 Å². The number of likely N-dealkylation sites (tertiary alicyclic amines) is 1. The van der Waals surface area contributed by atoms with Crippen molar-refractivity contribution in [3.63, 3.8) is 0 Å². The molecule has 1 aliphatic rings. The van der Waals surface area contributed by atoms with Gasteiger partial charge in [0, 0.05) is 13.1 Å². The van der Waals surface area contributed by atoms with Gasteiger partial charge >= 0.3 is 0 Å². The Balaban J connectivity index is 0.00000156. The highest BCUT2D eigenvalue weighted by atomic mass is 35.5. The highest BCUT2D eigenvalue weighted by Gasteiger charge is 2.12. The van der Waals surface area contributed by atoms with Gasteiger partial charge in [0.05, 0.1) is 12.1 Å². The summed E-state index contributed by atoms with van der Waals surface area (Å²) in [6.45, 7) is 4.22. The number of hydrogen-bond acceptors (Lipinski definition) is 4. The molecule has 1 aromatic heterocycles. The van der Waals surface area contributed by atoms with Gasteiger partial charge in [-0.05, 0) is 43.1 Å². The summed E-state index contributed by atoms with van der Waals surface area (Å²) in [7, 11) is 0. The first kappa shape index (κ1) is 21.5. The van der Waals surface area contributed by atoms with Crippen LogP contribution in [-0.2, 0) is 19.6 Å². The van der Waals surface area contributed by atoms with Crippen LogP contribution in [0.5, 0.6) is 0 Å². The van der Waals surface area contributed by atoms with E-state index in [1.165, 1.54) is 37.8 Å². The van der Waals surface area contributed by atoms with Crippen molar-refractivity contribution in [2.24, 2.45) is 5.73 Å². The summed E-state index contributed by atoms with van der Waals surface area (Å²) in [5, 5.41) is 2.90. The van der Waals surface area contributed by atoms with Crippen LogP contribution < -0.4 is 11.1 Å². The maximum Gasteiger partial charge on any atom is 0.254 e. The number of amides is 1. The van der Waals surface area contributed by atoms with Gasteiger partial charge in [-0.15, -0.1) is 24.8 Å². The maximum absolute atomic E-state index is 12.0. The molecule has 25 heavy (non-hydrogen) atoms. The average molecular weight is 386 g/mol. The lowest BCUT2D eigenvalue weighted by molar-refractivity contribution is 0.0950. The number of rotatable bonds is 6. The van der Waals surface area contributed by atoms with E-state index in [-0.39, 0.29) is 30.7 Å². The van der Waals surface area contributed by atoms with Gasteiger partial charge in [-0.1, -0.05) is 24.3 Å². The molecule has 0 aliphatic carbocycles. The normalized spacial score (nSPS) is 13.8. The van der Waals surface area contributed by atoms with Crippen molar-refractivity contribution < 1.29 is 9.21 Å². The van der Waals surface area contributed by atoms with E-state index in [0.717, 1.165) is 12.1 Å². The molecule has 7 heteroatoms. The first-order chi connectivity index (χ1) is 11.2. The molecule has 1 fully saturated rings. The molecule has 3 N–H and O–H groups in total. The molecule has 0 unspecified atom stereocenters. The third kappa shape index (κ3) is 6.04. The zero-order valence-corrected chi connectivity index (χ0v) is 15.7. The summed E-state index contributed by atoms with van der Waals surface area (Å²) < 4.78 is 5.18. The zero-order valence-electron chi connectivity index (χ0n) is 14.1. The molecule has 2 aromatic rings. The number of hydrogen-bond donors (Lipinski definition) is 2. The molecule has 1 amide bonds. The van der Waals surface area contributed by atoms with Crippen molar-refractivity contribution in [1.82, 2.24) is 10.2 Å². The van der Waals surface area contributed by atoms with E-state index in [9.17, 15) is 4.79 Å². The second-order valence-corrected chi connectivity index (χ2v) is 5.99. The van der Waals surface area contributed by atoms with Crippen molar-refractivity contribution in [1.29, 1.82) is 0 Å². The fourth-order valence-electron chi connectivity index (χ4n) is 2.85. The Labute approximate surface area is 160 Å². The van der Waals surface area contributed by atoms with E-state index < -0.39 is 0 Å². The molecule has 1 aliphatic heterocycles. The largest absolute Gasteiger partial charge is 0.467 e. The summed E-state index contributed by atoms with van der Waals surface area (Å²) in [4.78, 5) is 14.5. The fraction of sp³-hybridized carbons (Fsp3) is 0.389. The number of nitrogens with two attached hydrogens (primary N) is 1. The predicted octanol–water partition coefficient (Wildman–Crippen LogP) is 3.11. The Hall–Kier alpha value is -1.53. The Morgan fingerprint density at radius 1 is 1.12 bits per heavy atom. The SMILES string of the molecule is Cl.Cl.NCc1cc(C(=O)NCc2ccc(CN3CCCC3)cc2)co1. The van der Waals surface area contributed by atoms with Gasteiger partial charge in [0.15, 0.2) is 0 Å². The molecule has 0 spiro atoms. The second kappa shape index (κ2) is 10.5. The molecule has 0 bridgehead atoms. The molecule has 138 valence electrons. The molecular weight excluding hydrogens is 361 g/mol. The Kier molecular flexibility index (Phi) is 9.00. The van der Waals surface area contributed by atoms with Gasteiger partial charge in [-0.2, -0.15) is 0 Å². The number of nitrogens with one attached hydrogen (secondary N) is 1. The van der Waals surface area contributed by atoms with Crippen molar-refractivity contribution in [2.75, 3.05) is 13.1 Å². The van der Waals surface area contributed by atoms with Crippen LogP contribution in [0.25, 0.3) is 0 Å². The molecule has 2 heterocycles. The minimum Gasteiger partial charge on any atom is -0.467 e. The number of benzene rings is 1. The van der Waals surface area contributed by atoms with Crippen LogP contribution in [0.4, 0.5) is 0 Å². The second-order valence-electron chi connectivity index (χ2n) is 5.99. The third-order valence-electron chi connectivity index (χ3n) is 4.20. The molecule has 1 saturated heterocycles. The first-order valence-electron chi connectivity index (χ1n) is 8.10. The van der Waals surface area contributed by atoms with Gasteiger partial charge < -0.3 is 15.5 Å². The standard InChI is InChI=1S/C18H23N3O2.2ClH/c19-10-17-9-16(13-23-17)18(22)20-11-14-3-5-15(6-4-14)12-21-7-1-2-8-21;;/h3-6,9,13H,1-2,7-8,10-12,19H2,(H,20,22);2*1H. The lowest BCUT2D eigenvalue weighted by atomic mass is 10.1. The maximum atomic E-state index is 12.0. The average Bonchev–Trinajstić information content (AvgIpc) is 3.25. The fourth-order valence-corrected chi connectivity index (χ4v) is 2.85. The highest BCUT2D eigenvalue weighted by molar-refractivity contribution is 5.93. The number of carbonyl (C=O) groups excluding carboxylic acids is 1. The third-order valence-corrected chi connectivity index (χ3v) is 4.20. The van der Waals surface area contributed by atoms with E-state index in [1.807, 2.05) is 0 Å². The Bertz CT molecular complexity index is 653. The van der Waals surface area contributed by atoms with Crippen molar-refractivity contribution >= 4 is 30.7 Å². The minimum absolute atomic E-state index is 0. The Morgan fingerprint density at radius 3 is 2.36 bits per heavy atom. The van der Waals surface area contributed by atoms with E-state index in [0.29, 0.717) is 24.4 Å². The summed E-state index contributed by atoms with van der Waals surface area (Å²) >= 11 is 0. The van der Waals surface area contributed by atoms with Crippen LogP contribution in [-0.4, -0.2) is 23.9 Å². The molecule has 0 atom stereocenters. The summed E-state index contributed by atoms with van der Waals surface area (Å²) in [5.74, 6) is 0.469. The zero-order chi connectivity index (χ0) is 16.1. The van der Waals surface area contributed by atoms with Crippen LogP contribution in [0.2, 0.25) is 0 Å². The number of carbonyl (C=O) groups is 1. The van der Waals surface area contributed by atoms with Gasteiger partial charge in [0.2, 0.25) is 0 Å². The number of nitrogens with zero attached hydrogens (tertiary/aromatic N) is 1. The van der Waals surface area contributed by atoms with Crippen LogP contribution in [0, 0.1) is 0 Å².